The van der Waals surface area contributed by atoms with Crippen LogP contribution in [0.1, 0.15) is 0 Å². The number of fused-ring (bicyclic) bond motifs is 1. The average molecular weight is 333 g/mol. The van der Waals surface area contributed by atoms with Gasteiger partial charge in [-0.1, -0.05) is 18.2 Å². The van der Waals surface area contributed by atoms with Crippen molar-refractivity contribution in [1.82, 2.24) is 19.7 Å². The number of benzene rings is 2. The predicted molar refractivity (Wildman–Crippen MR) is 95.3 cm³/mol. The third-order valence-electron chi connectivity index (χ3n) is 3.78. The van der Waals surface area contributed by atoms with E-state index < -0.39 is 7.69 Å². The summed E-state index contributed by atoms with van der Waals surface area (Å²) in [7, 11) is -0.790. The highest BCUT2D eigenvalue weighted by Crippen LogP contribution is 2.31. The van der Waals surface area contributed by atoms with E-state index in [1.165, 1.54) is 6.33 Å². The van der Waals surface area contributed by atoms with Crippen LogP contribution in [0.5, 0.6) is 11.5 Å². The zero-order chi connectivity index (χ0) is 17.2. The molecule has 0 atom stereocenters. The molecule has 0 aliphatic rings. The Hall–Kier alpha value is -3.42. The minimum atomic E-state index is -0.790. The van der Waals surface area contributed by atoms with E-state index in [1.807, 2.05) is 54.6 Å². The number of rotatable bonds is 4. The van der Waals surface area contributed by atoms with Crippen LogP contribution in [0.25, 0.3) is 22.3 Å². The second-order valence-corrected chi connectivity index (χ2v) is 5.36. The molecule has 0 fully saturated rings. The van der Waals surface area contributed by atoms with E-state index in [0.717, 1.165) is 15.9 Å². The normalized spacial score (nSPS) is 10.8. The Balaban J connectivity index is 1.72. The van der Waals surface area contributed by atoms with Gasteiger partial charge < -0.3 is 14.8 Å². The first-order valence-electron chi connectivity index (χ1n) is 7.62. The number of aromatic nitrogens is 4. The molecule has 25 heavy (non-hydrogen) atoms. The first-order valence-corrected chi connectivity index (χ1v) is 7.62. The molecule has 4 aromatic rings. The van der Waals surface area contributed by atoms with Crippen molar-refractivity contribution < 1.29 is 9.05 Å². The van der Waals surface area contributed by atoms with Crippen molar-refractivity contribution in [3.63, 3.8) is 0 Å². The third-order valence-corrected chi connectivity index (χ3v) is 3.78. The second-order valence-electron chi connectivity index (χ2n) is 5.36. The molecule has 2 heterocycles. The van der Waals surface area contributed by atoms with E-state index in [4.69, 9.17) is 10.5 Å². The average Bonchev–Trinajstić information content (AvgIpc) is 3.03. The van der Waals surface area contributed by atoms with Crippen LogP contribution in [-0.4, -0.2) is 27.4 Å². The molecule has 0 radical (unpaired) electrons. The standard InChI is InChI=1S/C17H13BFN5O/c19-18-24-17-14(16(20)21-10-22-17)15(23-24)11-6-8-13(9-7-11)25-12-4-2-1-3-5-12/h1-10,18H,(H2,20,21,22). The van der Waals surface area contributed by atoms with Crippen molar-refractivity contribution in [1.29, 1.82) is 0 Å². The fourth-order valence-electron chi connectivity index (χ4n) is 2.62. The molecular formula is C17H13BFN5O. The second kappa shape index (κ2) is 6.24. The molecule has 0 bridgehead atoms. The van der Waals surface area contributed by atoms with Gasteiger partial charge in [0.1, 0.15) is 29.3 Å². The van der Waals surface area contributed by atoms with E-state index >= 15 is 0 Å². The van der Waals surface area contributed by atoms with Gasteiger partial charge in [0.25, 0.3) is 0 Å². The molecule has 122 valence electrons. The molecule has 0 unspecified atom stereocenters. The van der Waals surface area contributed by atoms with Gasteiger partial charge in [-0.15, -0.1) is 0 Å². The van der Waals surface area contributed by atoms with Crippen molar-refractivity contribution in [2.45, 2.75) is 0 Å². The summed E-state index contributed by atoms with van der Waals surface area (Å²) < 4.78 is 20.1. The summed E-state index contributed by atoms with van der Waals surface area (Å²) in [6.07, 6.45) is 1.30. The van der Waals surface area contributed by atoms with Gasteiger partial charge in [0.05, 0.1) is 5.39 Å². The van der Waals surface area contributed by atoms with Gasteiger partial charge in [0.2, 0.25) is 0 Å². The number of hydrogen-bond acceptors (Lipinski definition) is 5. The Morgan fingerprint density at radius 1 is 0.960 bits per heavy atom. The molecule has 0 aliphatic heterocycles. The smallest absolute Gasteiger partial charge is 0.457 e. The van der Waals surface area contributed by atoms with Crippen LogP contribution in [0.15, 0.2) is 60.9 Å². The summed E-state index contributed by atoms with van der Waals surface area (Å²) in [6, 6.07) is 16.8. The van der Waals surface area contributed by atoms with Crippen molar-refractivity contribution in [3.05, 3.63) is 60.9 Å². The zero-order valence-corrected chi connectivity index (χ0v) is 13.1. The summed E-state index contributed by atoms with van der Waals surface area (Å²) in [5, 5.41) is 4.81. The largest absolute Gasteiger partial charge is 0.466 e. The number of anilines is 1. The zero-order valence-electron chi connectivity index (χ0n) is 13.1. The fourth-order valence-corrected chi connectivity index (χ4v) is 2.62. The first kappa shape index (κ1) is 15.1. The van der Waals surface area contributed by atoms with E-state index in [-0.39, 0.29) is 5.82 Å². The lowest BCUT2D eigenvalue weighted by molar-refractivity contribution is 0.483. The minimum absolute atomic E-state index is 0.268. The van der Waals surface area contributed by atoms with Crippen molar-refractivity contribution in [3.8, 4) is 22.8 Å². The van der Waals surface area contributed by atoms with Gasteiger partial charge >= 0.3 is 7.69 Å². The Morgan fingerprint density at radius 2 is 1.68 bits per heavy atom. The van der Waals surface area contributed by atoms with Gasteiger partial charge in [-0.05, 0) is 36.4 Å². The summed E-state index contributed by atoms with van der Waals surface area (Å²) in [5.74, 6) is 1.71. The van der Waals surface area contributed by atoms with Gasteiger partial charge in [-0.3, -0.25) is 4.59 Å². The summed E-state index contributed by atoms with van der Waals surface area (Å²) in [5.41, 5.74) is 7.63. The highest BCUT2D eigenvalue weighted by atomic mass is 19.1. The molecule has 6 nitrogen and oxygen atoms in total. The summed E-state index contributed by atoms with van der Waals surface area (Å²) in [4.78, 5) is 8.06. The molecule has 2 aromatic carbocycles. The fraction of sp³-hybridized carbons (Fsp3) is 0. The molecule has 0 saturated heterocycles. The Bertz CT molecular complexity index is 1020. The van der Waals surface area contributed by atoms with Crippen LogP contribution >= 0.6 is 0 Å². The van der Waals surface area contributed by atoms with Crippen LogP contribution < -0.4 is 10.5 Å². The van der Waals surface area contributed by atoms with Crippen molar-refractivity contribution >= 4 is 24.5 Å². The predicted octanol–water partition coefficient (Wildman–Crippen LogP) is 2.95. The van der Waals surface area contributed by atoms with E-state index in [2.05, 4.69) is 15.1 Å². The van der Waals surface area contributed by atoms with Crippen LogP contribution in [0, 0.1) is 0 Å². The number of nitrogens with two attached hydrogens (primary N) is 1. The van der Waals surface area contributed by atoms with Gasteiger partial charge in [-0.2, -0.15) is 5.10 Å². The van der Waals surface area contributed by atoms with Crippen LogP contribution in [0.3, 0.4) is 0 Å². The Morgan fingerprint density at radius 3 is 2.40 bits per heavy atom. The molecular weight excluding hydrogens is 320 g/mol. The first-order chi connectivity index (χ1) is 12.3. The number of nitrogen functional groups attached to an aromatic ring is 1. The lowest BCUT2D eigenvalue weighted by Crippen LogP contribution is -2.03. The Labute approximate surface area is 143 Å². The number of nitrogens with zero attached hydrogens (tertiary/aromatic N) is 4. The lowest BCUT2D eigenvalue weighted by Gasteiger charge is -2.06. The molecule has 0 saturated carbocycles. The van der Waals surface area contributed by atoms with Crippen LogP contribution in [-0.2, 0) is 0 Å². The minimum Gasteiger partial charge on any atom is -0.457 e. The number of ether oxygens (including phenoxy) is 1. The van der Waals surface area contributed by atoms with Crippen LogP contribution in [0.4, 0.5) is 10.1 Å². The van der Waals surface area contributed by atoms with Crippen molar-refractivity contribution in [2.24, 2.45) is 0 Å². The maximum Gasteiger partial charge on any atom is 0.466 e. The maximum absolute atomic E-state index is 13.2. The molecule has 2 aromatic heterocycles. The molecule has 2 N–H and O–H groups in total. The number of halogens is 1. The quantitative estimate of drug-likeness (QED) is 0.581. The van der Waals surface area contributed by atoms with Gasteiger partial charge in [0, 0.05) is 5.56 Å². The maximum atomic E-state index is 13.2. The molecule has 0 aliphatic carbocycles. The summed E-state index contributed by atoms with van der Waals surface area (Å²) in [6.45, 7) is 0. The van der Waals surface area contributed by atoms with Gasteiger partial charge in [0.15, 0.2) is 5.65 Å². The van der Waals surface area contributed by atoms with Crippen molar-refractivity contribution in [2.75, 3.05) is 5.73 Å². The highest BCUT2D eigenvalue weighted by Gasteiger charge is 2.17. The number of hydrogen-bond donors (Lipinski definition) is 1. The van der Waals surface area contributed by atoms with Gasteiger partial charge in [-0.25, -0.2) is 9.97 Å². The SMILES string of the molecule is Nc1ncnc2c1c(-c1ccc(Oc3ccccc3)cc1)nn2BF. The number of para-hydroxylation sites is 1. The summed E-state index contributed by atoms with van der Waals surface area (Å²) >= 11 is 0. The van der Waals surface area contributed by atoms with Crippen LogP contribution in [0.2, 0.25) is 0 Å². The van der Waals surface area contributed by atoms with E-state index in [0.29, 0.717) is 22.5 Å². The lowest BCUT2D eigenvalue weighted by atomic mass is 10.1. The Kier molecular flexibility index (Phi) is 3.77. The van der Waals surface area contributed by atoms with E-state index in [9.17, 15) is 4.32 Å². The monoisotopic (exact) mass is 333 g/mol. The highest BCUT2D eigenvalue weighted by molar-refractivity contribution is 6.26. The molecule has 0 spiro atoms. The van der Waals surface area contributed by atoms with E-state index in [1.54, 1.807) is 0 Å². The third kappa shape index (κ3) is 2.78. The molecule has 8 heteroatoms. The molecule has 4 rings (SSSR count). The molecule has 0 amide bonds. The topological polar surface area (TPSA) is 78.8 Å².